The molecule has 172 valence electrons. The van der Waals surface area contributed by atoms with Gasteiger partial charge in [0.05, 0.1) is 18.7 Å². The van der Waals surface area contributed by atoms with Crippen LogP contribution in [0.4, 0.5) is 0 Å². The molecule has 0 saturated heterocycles. The molecule has 3 aromatic rings. The first-order chi connectivity index (χ1) is 16.4. The van der Waals surface area contributed by atoms with Crippen molar-refractivity contribution in [2.45, 2.75) is 19.6 Å². The van der Waals surface area contributed by atoms with Gasteiger partial charge >= 0.3 is 5.97 Å². The van der Waals surface area contributed by atoms with Crippen LogP contribution in [0.1, 0.15) is 40.0 Å². The van der Waals surface area contributed by atoms with E-state index < -0.39 is 11.9 Å². The van der Waals surface area contributed by atoms with Crippen molar-refractivity contribution in [3.63, 3.8) is 0 Å². The number of benzene rings is 3. The number of hydrogen-bond donors (Lipinski definition) is 2. The fraction of sp³-hybridized carbons (Fsp3) is 0.148. The number of ether oxygens (including phenoxy) is 2. The molecule has 34 heavy (non-hydrogen) atoms. The molecule has 0 aliphatic heterocycles. The summed E-state index contributed by atoms with van der Waals surface area (Å²) in [7, 11) is 1.50. The highest BCUT2D eigenvalue weighted by Crippen LogP contribution is 2.30. The average Bonchev–Trinajstić information content (AvgIpc) is 2.86. The van der Waals surface area contributed by atoms with Crippen LogP contribution in [0.3, 0.4) is 0 Å². The van der Waals surface area contributed by atoms with Gasteiger partial charge in [-0.3, -0.25) is 4.79 Å². The molecule has 0 saturated carbocycles. The standard InChI is InChI=1S/C27H24N2O5/c1-18(21-6-4-3-5-7-21)29-26(30)23(16-28)14-20-10-13-24(25(15-20)33-2)34-17-19-8-11-22(12-9-19)27(31)32/h3-15,18H,17H2,1-2H3,(H,29,30)(H,31,32)/b23-14-/t18-/m0/s1. The first kappa shape index (κ1) is 24.1. The average molecular weight is 456 g/mol. The number of nitrogens with zero attached hydrogens (tertiary/aromatic N) is 1. The van der Waals surface area contributed by atoms with Gasteiger partial charge in [0.15, 0.2) is 11.5 Å². The molecule has 1 atom stereocenters. The summed E-state index contributed by atoms with van der Waals surface area (Å²) in [4.78, 5) is 23.6. The number of aromatic carboxylic acids is 1. The molecule has 3 rings (SSSR count). The first-order valence-corrected chi connectivity index (χ1v) is 10.5. The number of carboxylic acids is 1. The molecule has 2 N–H and O–H groups in total. The molecule has 3 aromatic carbocycles. The Morgan fingerprint density at radius 1 is 1.06 bits per heavy atom. The Hall–Kier alpha value is -4.57. The Labute approximate surface area is 197 Å². The summed E-state index contributed by atoms with van der Waals surface area (Å²) in [5.41, 5.74) is 2.51. The first-order valence-electron chi connectivity index (χ1n) is 10.5. The van der Waals surface area contributed by atoms with Crippen LogP contribution < -0.4 is 14.8 Å². The fourth-order valence-electron chi connectivity index (χ4n) is 3.21. The lowest BCUT2D eigenvalue weighted by atomic mass is 10.1. The highest BCUT2D eigenvalue weighted by molar-refractivity contribution is 6.01. The summed E-state index contributed by atoms with van der Waals surface area (Å²) in [6, 6.07) is 22.7. The van der Waals surface area contributed by atoms with Crippen molar-refractivity contribution in [1.29, 1.82) is 5.26 Å². The summed E-state index contributed by atoms with van der Waals surface area (Å²) in [5.74, 6) is -0.547. The van der Waals surface area contributed by atoms with Crippen LogP contribution in [0.2, 0.25) is 0 Å². The molecule has 7 heteroatoms. The third-order valence-electron chi connectivity index (χ3n) is 5.11. The van der Waals surface area contributed by atoms with Gasteiger partial charge in [0, 0.05) is 0 Å². The monoisotopic (exact) mass is 456 g/mol. The van der Waals surface area contributed by atoms with E-state index in [0.717, 1.165) is 11.1 Å². The van der Waals surface area contributed by atoms with Gasteiger partial charge in [-0.1, -0.05) is 48.5 Å². The predicted octanol–water partition coefficient (Wildman–Crippen LogP) is 4.76. The highest BCUT2D eigenvalue weighted by atomic mass is 16.5. The number of rotatable bonds is 9. The summed E-state index contributed by atoms with van der Waals surface area (Å²) in [6.07, 6.45) is 1.49. The van der Waals surface area contributed by atoms with E-state index in [0.29, 0.717) is 17.1 Å². The van der Waals surface area contributed by atoms with Crippen molar-refractivity contribution in [2.75, 3.05) is 7.11 Å². The second-order valence-corrected chi connectivity index (χ2v) is 7.48. The molecule has 0 fully saturated rings. The van der Waals surface area contributed by atoms with E-state index in [-0.39, 0.29) is 23.8 Å². The molecular formula is C27H24N2O5. The molecule has 0 spiro atoms. The van der Waals surface area contributed by atoms with Crippen LogP contribution in [0.5, 0.6) is 11.5 Å². The topological polar surface area (TPSA) is 109 Å². The Morgan fingerprint density at radius 2 is 1.76 bits per heavy atom. The number of carbonyl (C=O) groups excluding carboxylic acids is 1. The Kier molecular flexibility index (Phi) is 8.03. The molecular weight excluding hydrogens is 432 g/mol. The molecule has 7 nitrogen and oxygen atoms in total. The SMILES string of the molecule is COc1cc(/C=C(/C#N)C(=O)N[C@@H](C)c2ccccc2)ccc1OCc1ccc(C(=O)O)cc1. The Bertz CT molecular complexity index is 1230. The minimum atomic E-state index is -0.988. The van der Waals surface area contributed by atoms with Crippen molar-refractivity contribution in [1.82, 2.24) is 5.32 Å². The van der Waals surface area contributed by atoms with Crippen molar-refractivity contribution in [3.8, 4) is 17.6 Å². The number of nitriles is 1. The molecule has 0 heterocycles. The van der Waals surface area contributed by atoms with Crippen molar-refractivity contribution >= 4 is 18.0 Å². The maximum Gasteiger partial charge on any atom is 0.335 e. The van der Waals surface area contributed by atoms with E-state index >= 15 is 0 Å². The van der Waals surface area contributed by atoms with E-state index in [9.17, 15) is 14.9 Å². The van der Waals surface area contributed by atoms with Gasteiger partial charge in [-0.2, -0.15) is 5.26 Å². The number of hydrogen-bond acceptors (Lipinski definition) is 5. The van der Waals surface area contributed by atoms with Crippen LogP contribution in [0, 0.1) is 11.3 Å². The minimum absolute atomic E-state index is 0.0305. The second-order valence-electron chi connectivity index (χ2n) is 7.48. The summed E-state index contributed by atoms with van der Waals surface area (Å²) in [5, 5.41) is 21.3. The third kappa shape index (κ3) is 6.24. The van der Waals surface area contributed by atoms with Gasteiger partial charge in [-0.15, -0.1) is 0 Å². The molecule has 0 aliphatic rings. The summed E-state index contributed by atoms with van der Waals surface area (Å²) >= 11 is 0. The van der Waals surface area contributed by atoms with E-state index in [1.54, 1.807) is 30.3 Å². The van der Waals surface area contributed by atoms with Crippen molar-refractivity contribution in [3.05, 3.63) is 101 Å². The van der Waals surface area contributed by atoms with Crippen LogP contribution in [0.15, 0.2) is 78.4 Å². The highest BCUT2D eigenvalue weighted by Gasteiger charge is 2.14. The zero-order valence-electron chi connectivity index (χ0n) is 18.8. The largest absolute Gasteiger partial charge is 0.493 e. The van der Waals surface area contributed by atoms with Crippen LogP contribution in [-0.4, -0.2) is 24.1 Å². The fourth-order valence-corrected chi connectivity index (χ4v) is 3.21. The molecule has 0 bridgehead atoms. The van der Waals surface area contributed by atoms with Gasteiger partial charge in [-0.05, 0) is 54.0 Å². The quantitative estimate of drug-likeness (QED) is 0.355. The minimum Gasteiger partial charge on any atom is -0.493 e. The Morgan fingerprint density at radius 3 is 2.38 bits per heavy atom. The van der Waals surface area contributed by atoms with Crippen molar-refractivity contribution in [2.24, 2.45) is 0 Å². The Balaban J connectivity index is 1.70. The van der Waals surface area contributed by atoms with Gasteiger partial charge in [0.25, 0.3) is 5.91 Å². The number of nitrogens with one attached hydrogen (secondary N) is 1. The molecule has 0 aromatic heterocycles. The van der Waals surface area contributed by atoms with E-state index in [4.69, 9.17) is 14.6 Å². The zero-order chi connectivity index (χ0) is 24.5. The zero-order valence-corrected chi connectivity index (χ0v) is 18.8. The van der Waals surface area contributed by atoms with Gasteiger partial charge in [-0.25, -0.2) is 4.79 Å². The maximum atomic E-state index is 12.6. The lowest BCUT2D eigenvalue weighted by molar-refractivity contribution is -0.117. The number of amides is 1. The number of carbonyl (C=O) groups is 2. The van der Waals surface area contributed by atoms with E-state index in [2.05, 4.69) is 5.32 Å². The predicted molar refractivity (Wildman–Crippen MR) is 127 cm³/mol. The van der Waals surface area contributed by atoms with Crippen LogP contribution in [0.25, 0.3) is 6.08 Å². The van der Waals surface area contributed by atoms with Crippen molar-refractivity contribution < 1.29 is 24.2 Å². The van der Waals surface area contributed by atoms with Crippen LogP contribution >= 0.6 is 0 Å². The third-order valence-corrected chi connectivity index (χ3v) is 5.11. The van der Waals surface area contributed by atoms with Gasteiger partial charge < -0.3 is 19.9 Å². The van der Waals surface area contributed by atoms with E-state index in [1.165, 1.54) is 25.3 Å². The second kappa shape index (κ2) is 11.3. The van der Waals surface area contributed by atoms with Gasteiger partial charge in [0.1, 0.15) is 18.2 Å². The lowest BCUT2D eigenvalue weighted by Gasteiger charge is -2.14. The molecule has 1 amide bonds. The number of carboxylic acid groups (broad SMARTS) is 1. The molecule has 0 radical (unpaired) electrons. The van der Waals surface area contributed by atoms with Crippen LogP contribution in [-0.2, 0) is 11.4 Å². The maximum absolute atomic E-state index is 12.6. The summed E-state index contributed by atoms with van der Waals surface area (Å²) in [6.45, 7) is 2.07. The molecule has 0 aliphatic carbocycles. The number of methoxy groups -OCH3 is 1. The van der Waals surface area contributed by atoms with E-state index in [1.807, 2.05) is 43.3 Å². The summed E-state index contributed by atoms with van der Waals surface area (Å²) < 4.78 is 11.2. The smallest absolute Gasteiger partial charge is 0.335 e. The lowest BCUT2D eigenvalue weighted by Crippen LogP contribution is -2.27. The van der Waals surface area contributed by atoms with Gasteiger partial charge in [0.2, 0.25) is 0 Å². The normalized spacial score (nSPS) is 11.7. The molecule has 0 unspecified atom stereocenters.